The molecule has 0 unspecified atom stereocenters. The van der Waals surface area contributed by atoms with E-state index in [-0.39, 0.29) is 6.42 Å². The number of methoxy groups -OCH3 is 1. The minimum Gasteiger partial charge on any atom is -0.496 e. The first kappa shape index (κ1) is 14.0. The Morgan fingerprint density at radius 2 is 2.00 bits per heavy atom. The zero-order valence-corrected chi connectivity index (χ0v) is 10.5. The van der Waals surface area contributed by atoms with Crippen LogP contribution in [0.25, 0.3) is 0 Å². The molecule has 0 saturated carbocycles. The van der Waals surface area contributed by atoms with Crippen molar-refractivity contribution in [3.8, 4) is 5.75 Å². The van der Waals surface area contributed by atoms with Crippen LogP contribution in [-0.4, -0.2) is 25.1 Å². The van der Waals surface area contributed by atoms with Gasteiger partial charge in [0.05, 0.1) is 7.11 Å². The maximum Gasteiger partial charge on any atom is 0.306 e. The van der Waals surface area contributed by atoms with E-state index < -0.39 is 18.0 Å². The fraction of sp³-hybridized carbons (Fsp3) is 0.385. The van der Waals surface area contributed by atoms with E-state index in [4.69, 9.17) is 15.2 Å². The first-order valence-corrected chi connectivity index (χ1v) is 5.65. The molecule has 0 aliphatic heterocycles. The number of para-hydroxylation sites is 1. The van der Waals surface area contributed by atoms with Crippen LogP contribution in [0.5, 0.6) is 5.75 Å². The van der Waals surface area contributed by atoms with Crippen molar-refractivity contribution >= 4 is 11.9 Å². The molecule has 1 rings (SSSR count). The zero-order chi connectivity index (χ0) is 13.5. The second-order valence-corrected chi connectivity index (χ2v) is 3.85. The second kappa shape index (κ2) is 6.64. The number of rotatable bonds is 6. The molecular formula is C13H17NO4. The van der Waals surface area contributed by atoms with Gasteiger partial charge in [0.15, 0.2) is 6.10 Å². The zero-order valence-electron chi connectivity index (χ0n) is 10.5. The lowest BCUT2D eigenvalue weighted by Gasteiger charge is -2.10. The molecule has 0 saturated heterocycles. The summed E-state index contributed by atoms with van der Waals surface area (Å²) in [5, 5.41) is 0. The van der Waals surface area contributed by atoms with Crippen molar-refractivity contribution in [2.75, 3.05) is 7.11 Å². The fourth-order valence-electron chi connectivity index (χ4n) is 1.46. The summed E-state index contributed by atoms with van der Waals surface area (Å²) in [6.07, 6.45) is -0.220. The molecule has 0 aromatic heterocycles. The van der Waals surface area contributed by atoms with Gasteiger partial charge in [-0.25, -0.2) is 0 Å². The van der Waals surface area contributed by atoms with Crippen LogP contribution >= 0.6 is 0 Å². The Kier molecular flexibility index (Phi) is 5.17. The predicted molar refractivity (Wildman–Crippen MR) is 66.1 cm³/mol. The normalized spacial score (nSPS) is 11.7. The number of aryl methyl sites for hydroxylation is 1. The SMILES string of the molecule is COc1ccccc1CCC(=O)O[C@H](C)C(N)=O. The minimum atomic E-state index is -0.893. The summed E-state index contributed by atoms with van der Waals surface area (Å²) in [6.45, 7) is 1.45. The largest absolute Gasteiger partial charge is 0.496 e. The lowest BCUT2D eigenvalue weighted by molar-refractivity contribution is -0.153. The van der Waals surface area contributed by atoms with E-state index in [9.17, 15) is 9.59 Å². The Balaban J connectivity index is 2.50. The van der Waals surface area contributed by atoms with Gasteiger partial charge in [0.1, 0.15) is 5.75 Å². The van der Waals surface area contributed by atoms with Crippen LogP contribution < -0.4 is 10.5 Å². The Morgan fingerprint density at radius 1 is 1.33 bits per heavy atom. The van der Waals surface area contributed by atoms with Crippen molar-refractivity contribution in [1.29, 1.82) is 0 Å². The molecule has 0 spiro atoms. The predicted octanol–water partition coefficient (Wildman–Crippen LogP) is 1.04. The highest BCUT2D eigenvalue weighted by atomic mass is 16.5. The molecule has 18 heavy (non-hydrogen) atoms. The quantitative estimate of drug-likeness (QED) is 0.766. The molecule has 0 heterocycles. The van der Waals surface area contributed by atoms with Crippen LogP contribution in [0.2, 0.25) is 0 Å². The van der Waals surface area contributed by atoms with Crippen LogP contribution in [-0.2, 0) is 20.7 Å². The Morgan fingerprint density at radius 3 is 2.61 bits per heavy atom. The molecule has 5 heteroatoms. The molecule has 0 radical (unpaired) electrons. The van der Waals surface area contributed by atoms with E-state index in [0.717, 1.165) is 11.3 Å². The van der Waals surface area contributed by atoms with Gasteiger partial charge >= 0.3 is 5.97 Å². The van der Waals surface area contributed by atoms with Gasteiger partial charge in [-0.1, -0.05) is 18.2 Å². The van der Waals surface area contributed by atoms with Crippen LogP contribution in [0.4, 0.5) is 0 Å². The summed E-state index contributed by atoms with van der Waals surface area (Å²) in [7, 11) is 1.58. The summed E-state index contributed by atoms with van der Waals surface area (Å²) in [5.41, 5.74) is 5.92. The second-order valence-electron chi connectivity index (χ2n) is 3.85. The molecule has 98 valence electrons. The van der Waals surface area contributed by atoms with Gasteiger partial charge in [-0.2, -0.15) is 0 Å². The van der Waals surface area contributed by atoms with Crippen LogP contribution in [0.15, 0.2) is 24.3 Å². The Bertz CT molecular complexity index is 431. The average molecular weight is 251 g/mol. The maximum absolute atomic E-state index is 11.5. The van der Waals surface area contributed by atoms with Gasteiger partial charge < -0.3 is 15.2 Å². The van der Waals surface area contributed by atoms with Crippen molar-refractivity contribution in [3.05, 3.63) is 29.8 Å². The van der Waals surface area contributed by atoms with E-state index >= 15 is 0 Å². The lowest BCUT2D eigenvalue weighted by Crippen LogP contribution is -2.30. The van der Waals surface area contributed by atoms with Crippen LogP contribution in [0, 0.1) is 0 Å². The molecule has 0 aliphatic carbocycles. The van der Waals surface area contributed by atoms with Crippen molar-refractivity contribution in [1.82, 2.24) is 0 Å². The van der Waals surface area contributed by atoms with Gasteiger partial charge in [0.2, 0.25) is 0 Å². The van der Waals surface area contributed by atoms with E-state index in [1.807, 2.05) is 24.3 Å². The Labute approximate surface area is 106 Å². The third kappa shape index (κ3) is 4.08. The number of ether oxygens (including phenoxy) is 2. The summed E-state index contributed by atoms with van der Waals surface area (Å²) in [4.78, 5) is 22.2. The van der Waals surface area contributed by atoms with E-state index in [2.05, 4.69) is 0 Å². The average Bonchev–Trinajstić information content (AvgIpc) is 2.36. The van der Waals surface area contributed by atoms with Gasteiger partial charge in [0.25, 0.3) is 5.91 Å². The van der Waals surface area contributed by atoms with Crippen LogP contribution in [0.3, 0.4) is 0 Å². The summed E-state index contributed by atoms with van der Waals surface area (Å²) >= 11 is 0. The van der Waals surface area contributed by atoms with E-state index in [1.54, 1.807) is 7.11 Å². The topological polar surface area (TPSA) is 78.6 Å². The summed E-state index contributed by atoms with van der Waals surface area (Å²) in [6, 6.07) is 7.43. The molecule has 0 bridgehead atoms. The first-order chi connectivity index (χ1) is 8.54. The molecule has 5 nitrogen and oxygen atoms in total. The number of benzene rings is 1. The van der Waals surface area contributed by atoms with Crippen molar-refractivity contribution in [3.63, 3.8) is 0 Å². The summed E-state index contributed by atoms with van der Waals surface area (Å²) in [5.74, 6) is -0.374. The maximum atomic E-state index is 11.5. The third-order valence-corrected chi connectivity index (χ3v) is 2.50. The molecule has 2 N–H and O–H groups in total. The summed E-state index contributed by atoms with van der Waals surface area (Å²) < 4.78 is 10.0. The van der Waals surface area contributed by atoms with Gasteiger partial charge in [0, 0.05) is 6.42 Å². The Hall–Kier alpha value is -2.04. The monoisotopic (exact) mass is 251 g/mol. The first-order valence-electron chi connectivity index (χ1n) is 5.65. The number of primary amides is 1. The smallest absolute Gasteiger partial charge is 0.306 e. The van der Waals surface area contributed by atoms with E-state index in [1.165, 1.54) is 6.92 Å². The van der Waals surface area contributed by atoms with Gasteiger partial charge in [-0.3, -0.25) is 9.59 Å². The number of hydrogen-bond donors (Lipinski definition) is 1. The molecule has 0 aliphatic rings. The van der Waals surface area contributed by atoms with Crippen LogP contribution in [0.1, 0.15) is 18.9 Å². The number of carbonyl (C=O) groups excluding carboxylic acids is 2. The molecule has 0 fully saturated rings. The molecule has 1 aromatic carbocycles. The highest BCUT2D eigenvalue weighted by Crippen LogP contribution is 2.18. The number of nitrogens with two attached hydrogens (primary N) is 1. The highest BCUT2D eigenvalue weighted by molar-refractivity contribution is 5.81. The van der Waals surface area contributed by atoms with Crippen molar-refractivity contribution in [2.24, 2.45) is 5.73 Å². The number of amides is 1. The van der Waals surface area contributed by atoms with Gasteiger partial charge in [-0.05, 0) is 25.0 Å². The molecule has 1 aromatic rings. The van der Waals surface area contributed by atoms with Crippen molar-refractivity contribution in [2.45, 2.75) is 25.9 Å². The molecule has 1 atom stereocenters. The fourth-order valence-corrected chi connectivity index (χ4v) is 1.46. The minimum absolute atomic E-state index is 0.179. The third-order valence-electron chi connectivity index (χ3n) is 2.50. The molecular weight excluding hydrogens is 234 g/mol. The standard InChI is InChI=1S/C13H17NO4/c1-9(13(14)16)18-12(15)8-7-10-5-3-4-6-11(10)17-2/h3-6,9H,7-8H2,1-2H3,(H2,14,16)/t9-/m1/s1. The molecule has 1 amide bonds. The highest BCUT2D eigenvalue weighted by Gasteiger charge is 2.14. The number of esters is 1. The van der Waals surface area contributed by atoms with E-state index in [0.29, 0.717) is 6.42 Å². The lowest BCUT2D eigenvalue weighted by atomic mass is 10.1. The number of carbonyl (C=O) groups is 2. The van der Waals surface area contributed by atoms with Gasteiger partial charge in [-0.15, -0.1) is 0 Å². The van der Waals surface area contributed by atoms with Crippen molar-refractivity contribution < 1.29 is 19.1 Å². The number of hydrogen-bond acceptors (Lipinski definition) is 4.